The monoisotopic (exact) mass is 298 g/mol. The largest absolute Gasteiger partial charge is 0.396 e. The van der Waals surface area contributed by atoms with Gasteiger partial charge in [-0.1, -0.05) is 6.07 Å². The van der Waals surface area contributed by atoms with Gasteiger partial charge in [-0.2, -0.15) is 0 Å². The lowest BCUT2D eigenvalue weighted by atomic mass is 9.78. The molecule has 0 saturated heterocycles. The fourth-order valence-electron chi connectivity index (χ4n) is 3.42. The van der Waals surface area contributed by atoms with Crippen LogP contribution >= 0.6 is 15.9 Å². The first-order chi connectivity index (χ1) is 8.12. The highest BCUT2D eigenvalue weighted by atomic mass is 79.9. The van der Waals surface area contributed by atoms with E-state index in [1.807, 2.05) is 12.1 Å². The van der Waals surface area contributed by atoms with Crippen LogP contribution in [0.25, 0.3) is 0 Å². The summed E-state index contributed by atoms with van der Waals surface area (Å²) < 4.78 is 13.7. The molecule has 1 nitrogen and oxygen atoms in total. The fourth-order valence-corrected chi connectivity index (χ4v) is 3.84. The molecule has 1 N–H and O–H groups in total. The van der Waals surface area contributed by atoms with Gasteiger partial charge in [0.05, 0.1) is 4.47 Å². The van der Waals surface area contributed by atoms with E-state index >= 15 is 0 Å². The van der Waals surface area contributed by atoms with Crippen molar-refractivity contribution in [3.05, 3.63) is 34.1 Å². The van der Waals surface area contributed by atoms with Gasteiger partial charge in [0, 0.05) is 6.61 Å². The molecule has 1 aromatic rings. The van der Waals surface area contributed by atoms with Gasteiger partial charge in [0.15, 0.2) is 0 Å². The number of halogens is 2. The molecule has 0 amide bonds. The zero-order chi connectivity index (χ0) is 12.0. The Hall–Kier alpha value is -0.410. The molecule has 0 spiro atoms. The summed E-state index contributed by atoms with van der Waals surface area (Å²) in [7, 11) is 0. The summed E-state index contributed by atoms with van der Waals surface area (Å²) in [6, 6.07) is 5.18. The second kappa shape index (κ2) is 4.06. The van der Waals surface area contributed by atoms with Crippen molar-refractivity contribution in [1.82, 2.24) is 0 Å². The van der Waals surface area contributed by atoms with E-state index in [2.05, 4.69) is 15.9 Å². The van der Waals surface area contributed by atoms with E-state index in [1.54, 1.807) is 0 Å². The molecule has 3 rings (SSSR count). The third-order valence-corrected chi connectivity index (χ3v) is 4.97. The van der Waals surface area contributed by atoms with Crippen LogP contribution in [0.15, 0.2) is 22.7 Å². The average Bonchev–Trinajstić information content (AvgIpc) is 2.93. The molecule has 3 heteroatoms. The molecular formula is C14H16BrFO. The second-order valence-electron chi connectivity index (χ2n) is 5.75. The molecule has 0 bridgehead atoms. The van der Waals surface area contributed by atoms with Crippen molar-refractivity contribution in [3.8, 4) is 0 Å². The van der Waals surface area contributed by atoms with Crippen LogP contribution in [-0.4, -0.2) is 11.7 Å². The van der Waals surface area contributed by atoms with Gasteiger partial charge in [-0.05, 0) is 76.6 Å². The quantitative estimate of drug-likeness (QED) is 0.905. The van der Waals surface area contributed by atoms with Crippen LogP contribution in [0.5, 0.6) is 0 Å². The summed E-state index contributed by atoms with van der Waals surface area (Å²) in [6.07, 6.45) is 4.51. The normalized spacial score (nSPS) is 34.8. The SMILES string of the molecule is OCC1(Cc2ccc(F)c(Br)c2)CC2CC2C1. The fraction of sp³-hybridized carbons (Fsp3) is 0.571. The van der Waals surface area contributed by atoms with Crippen molar-refractivity contribution in [2.24, 2.45) is 17.3 Å². The highest BCUT2D eigenvalue weighted by molar-refractivity contribution is 9.10. The summed E-state index contributed by atoms with van der Waals surface area (Å²) in [4.78, 5) is 0. The van der Waals surface area contributed by atoms with Crippen LogP contribution in [0.2, 0.25) is 0 Å². The summed E-state index contributed by atoms with van der Waals surface area (Å²) in [6.45, 7) is 0.259. The summed E-state index contributed by atoms with van der Waals surface area (Å²) in [5, 5.41) is 9.65. The van der Waals surface area contributed by atoms with Crippen molar-refractivity contribution in [3.63, 3.8) is 0 Å². The molecule has 92 valence electrons. The van der Waals surface area contributed by atoms with Crippen molar-refractivity contribution < 1.29 is 9.50 Å². The molecule has 2 saturated carbocycles. The first-order valence-corrected chi connectivity index (χ1v) is 6.96. The third-order valence-electron chi connectivity index (χ3n) is 4.36. The molecule has 2 aliphatic carbocycles. The van der Waals surface area contributed by atoms with Gasteiger partial charge in [-0.3, -0.25) is 0 Å². The number of rotatable bonds is 3. The van der Waals surface area contributed by atoms with Crippen LogP contribution in [0.3, 0.4) is 0 Å². The van der Waals surface area contributed by atoms with Gasteiger partial charge in [0.1, 0.15) is 5.82 Å². The zero-order valence-electron chi connectivity index (χ0n) is 9.63. The standard InChI is InChI=1S/C14H16BrFO/c15-12-3-9(1-2-13(12)16)5-14(8-17)6-10-4-11(10)7-14/h1-3,10-11,17H,4-8H2. The Morgan fingerprint density at radius 2 is 2.06 bits per heavy atom. The summed E-state index contributed by atoms with van der Waals surface area (Å²) in [5.74, 6) is 1.48. The predicted octanol–water partition coefficient (Wildman–Crippen LogP) is 3.54. The Morgan fingerprint density at radius 3 is 2.65 bits per heavy atom. The maximum absolute atomic E-state index is 13.2. The first kappa shape index (κ1) is 11.7. The lowest BCUT2D eigenvalue weighted by Crippen LogP contribution is -2.26. The minimum Gasteiger partial charge on any atom is -0.396 e. The number of aliphatic hydroxyl groups excluding tert-OH is 1. The molecule has 0 radical (unpaired) electrons. The van der Waals surface area contributed by atoms with E-state index in [9.17, 15) is 9.50 Å². The van der Waals surface area contributed by atoms with E-state index in [1.165, 1.54) is 12.5 Å². The Bertz CT molecular complexity index is 436. The molecule has 2 unspecified atom stereocenters. The number of benzene rings is 1. The minimum absolute atomic E-state index is 0.0604. The smallest absolute Gasteiger partial charge is 0.137 e. The van der Waals surface area contributed by atoms with Crippen LogP contribution < -0.4 is 0 Å². The van der Waals surface area contributed by atoms with Crippen molar-refractivity contribution in [1.29, 1.82) is 0 Å². The topological polar surface area (TPSA) is 20.2 Å². The maximum Gasteiger partial charge on any atom is 0.137 e. The van der Waals surface area contributed by atoms with E-state index in [0.717, 1.165) is 36.7 Å². The second-order valence-corrected chi connectivity index (χ2v) is 6.60. The number of hydrogen-bond donors (Lipinski definition) is 1. The van der Waals surface area contributed by atoms with Gasteiger partial charge in [-0.25, -0.2) is 4.39 Å². The zero-order valence-corrected chi connectivity index (χ0v) is 11.2. The molecule has 2 atom stereocenters. The van der Waals surface area contributed by atoms with Crippen molar-refractivity contribution >= 4 is 15.9 Å². The molecule has 1 aromatic carbocycles. The molecule has 0 aliphatic heterocycles. The van der Waals surface area contributed by atoms with Crippen LogP contribution in [0.1, 0.15) is 24.8 Å². The van der Waals surface area contributed by atoms with E-state index in [0.29, 0.717) is 4.47 Å². The molecule has 17 heavy (non-hydrogen) atoms. The van der Waals surface area contributed by atoms with Gasteiger partial charge in [0.25, 0.3) is 0 Å². The van der Waals surface area contributed by atoms with Gasteiger partial charge >= 0.3 is 0 Å². The van der Waals surface area contributed by atoms with Crippen molar-refractivity contribution in [2.45, 2.75) is 25.7 Å². The van der Waals surface area contributed by atoms with E-state index < -0.39 is 0 Å². The van der Waals surface area contributed by atoms with Gasteiger partial charge in [-0.15, -0.1) is 0 Å². The lowest BCUT2D eigenvalue weighted by Gasteiger charge is -2.28. The Balaban J connectivity index is 1.78. The highest BCUT2D eigenvalue weighted by Gasteiger charge is 2.53. The molecule has 2 aliphatic rings. The van der Waals surface area contributed by atoms with E-state index in [4.69, 9.17) is 0 Å². The molecule has 2 fully saturated rings. The van der Waals surface area contributed by atoms with Crippen LogP contribution in [0.4, 0.5) is 4.39 Å². The summed E-state index contributed by atoms with van der Waals surface area (Å²) >= 11 is 3.22. The summed E-state index contributed by atoms with van der Waals surface area (Å²) in [5.41, 5.74) is 1.18. The highest BCUT2D eigenvalue weighted by Crippen LogP contribution is 2.60. The number of aliphatic hydroxyl groups is 1. The maximum atomic E-state index is 13.2. The van der Waals surface area contributed by atoms with Crippen molar-refractivity contribution in [2.75, 3.05) is 6.61 Å². The Kier molecular flexibility index (Phi) is 2.79. The minimum atomic E-state index is -0.221. The third kappa shape index (κ3) is 2.15. The van der Waals surface area contributed by atoms with Gasteiger partial charge in [0.2, 0.25) is 0 Å². The van der Waals surface area contributed by atoms with Crippen LogP contribution in [-0.2, 0) is 6.42 Å². The van der Waals surface area contributed by atoms with E-state index in [-0.39, 0.29) is 17.8 Å². The molecule has 0 heterocycles. The Labute approximate surface area is 109 Å². The average molecular weight is 299 g/mol. The van der Waals surface area contributed by atoms with Gasteiger partial charge < -0.3 is 5.11 Å². The number of fused-ring (bicyclic) bond motifs is 1. The number of hydrogen-bond acceptors (Lipinski definition) is 1. The Morgan fingerprint density at radius 1 is 1.35 bits per heavy atom. The lowest BCUT2D eigenvalue weighted by molar-refractivity contribution is 0.117. The molecule has 0 aromatic heterocycles. The first-order valence-electron chi connectivity index (χ1n) is 6.17. The predicted molar refractivity (Wildman–Crippen MR) is 68.2 cm³/mol. The molecular weight excluding hydrogens is 283 g/mol. The van der Waals surface area contributed by atoms with Crippen LogP contribution in [0, 0.1) is 23.1 Å².